The third-order valence-electron chi connectivity index (χ3n) is 6.52. The average Bonchev–Trinajstić information content (AvgIpc) is 2.81. The molecule has 0 aromatic heterocycles. The van der Waals surface area contributed by atoms with Crippen LogP contribution >= 0.6 is 0 Å². The highest BCUT2D eigenvalue weighted by Crippen LogP contribution is 2.34. The van der Waals surface area contributed by atoms with Crippen LogP contribution in [0.3, 0.4) is 0 Å². The summed E-state index contributed by atoms with van der Waals surface area (Å²) >= 11 is 0. The number of carbonyl (C=O) groups is 3. The predicted octanol–water partition coefficient (Wildman–Crippen LogP) is 4.19. The molecule has 3 rings (SSSR count). The van der Waals surface area contributed by atoms with Crippen molar-refractivity contribution in [1.29, 1.82) is 0 Å². The summed E-state index contributed by atoms with van der Waals surface area (Å²) in [5.41, 5.74) is 2.83. The van der Waals surface area contributed by atoms with Crippen LogP contribution < -0.4 is 20.3 Å². The van der Waals surface area contributed by atoms with Crippen LogP contribution in [0.5, 0.6) is 5.75 Å². The molecular formula is C26H34N4O5. The molecule has 1 fully saturated rings. The van der Waals surface area contributed by atoms with Crippen LogP contribution in [0.4, 0.5) is 21.9 Å². The molecule has 3 N–H and O–H groups in total. The molecular weight excluding hydrogens is 448 g/mol. The van der Waals surface area contributed by atoms with Crippen LogP contribution in [-0.2, 0) is 9.59 Å². The van der Waals surface area contributed by atoms with Gasteiger partial charge in [0.2, 0.25) is 5.91 Å². The zero-order valence-electron chi connectivity index (χ0n) is 20.7. The van der Waals surface area contributed by atoms with Gasteiger partial charge in [0.25, 0.3) is 0 Å². The molecule has 0 bridgehead atoms. The first kappa shape index (κ1) is 26.0. The first-order valence-electron chi connectivity index (χ1n) is 11.7. The Balaban J connectivity index is 1.72. The maximum atomic E-state index is 12.7. The molecule has 0 saturated carbocycles. The summed E-state index contributed by atoms with van der Waals surface area (Å²) in [4.78, 5) is 39.9. The molecule has 3 amide bonds. The van der Waals surface area contributed by atoms with Crippen molar-refractivity contribution >= 4 is 35.0 Å². The van der Waals surface area contributed by atoms with E-state index in [-0.39, 0.29) is 24.4 Å². The number of rotatable bonds is 8. The molecule has 1 saturated heterocycles. The largest absolute Gasteiger partial charge is 0.494 e. The number of carbonyl (C=O) groups excluding carboxylic acids is 2. The lowest BCUT2D eigenvalue weighted by Crippen LogP contribution is -2.47. The monoisotopic (exact) mass is 482 g/mol. The maximum Gasteiger partial charge on any atom is 0.323 e. The molecule has 35 heavy (non-hydrogen) atoms. The normalized spacial score (nSPS) is 15.2. The van der Waals surface area contributed by atoms with Gasteiger partial charge in [0.15, 0.2) is 0 Å². The number of anilines is 3. The van der Waals surface area contributed by atoms with E-state index in [0.29, 0.717) is 35.9 Å². The number of para-hydroxylation sites is 1. The van der Waals surface area contributed by atoms with E-state index in [1.807, 2.05) is 43.0 Å². The fourth-order valence-corrected chi connectivity index (χ4v) is 4.62. The average molecular weight is 483 g/mol. The van der Waals surface area contributed by atoms with Gasteiger partial charge in [-0.15, -0.1) is 0 Å². The van der Waals surface area contributed by atoms with Crippen LogP contribution in [0.1, 0.15) is 32.3 Å². The summed E-state index contributed by atoms with van der Waals surface area (Å²) in [6, 6.07) is 12.3. The second-order valence-corrected chi connectivity index (χ2v) is 8.92. The zero-order chi connectivity index (χ0) is 25.5. The number of ether oxygens (including phenoxy) is 1. The van der Waals surface area contributed by atoms with Crippen molar-refractivity contribution in [3.05, 3.63) is 48.0 Å². The molecule has 188 valence electrons. The molecule has 1 unspecified atom stereocenters. The highest BCUT2D eigenvalue weighted by molar-refractivity contribution is 6.01. The lowest BCUT2D eigenvalue weighted by atomic mass is 9.89. The Kier molecular flexibility index (Phi) is 8.70. The number of methoxy groups -OCH3 is 1. The van der Waals surface area contributed by atoms with Gasteiger partial charge in [-0.1, -0.05) is 18.2 Å². The van der Waals surface area contributed by atoms with E-state index in [1.165, 1.54) is 14.0 Å². The van der Waals surface area contributed by atoms with Crippen molar-refractivity contribution < 1.29 is 24.2 Å². The van der Waals surface area contributed by atoms with Gasteiger partial charge in [0.05, 0.1) is 19.3 Å². The first-order valence-corrected chi connectivity index (χ1v) is 11.7. The number of nitrogens with one attached hydrogen (secondary N) is 2. The van der Waals surface area contributed by atoms with Crippen LogP contribution in [0.15, 0.2) is 42.5 Å². The number of aryl methyl sites for hydroxylation is 1. The Labute approximate surface area is 206 Å². The molecule has 0 spiro atoms. The highest BCUT2D eigenvalue weighted by Gasteiger charge is 2.31. The van der Waals surface area contributed by atoms with Gasteiger partial charge in [-0.05, 0) is 69.5 Å². The third kappa shape index (κ3) is 6.73. The van der Waals surface area contributed by atoms with E-state index in [2.05, 4.69) is 10.6 Å². The minimum atomic E-state index is -0.824. The summed E-state index contributed by atoms with van der Waals surface area (Å²) < 4.78 is 5.52. The first-order chi connectivity index (χ1) is 16.7. The Hall–Kier alpha value is -3.59. The second kappa shape index (κ2) is 11.7. The zero-order valence-corrected chi connectivity index (χ0v) is 20.7. The molecule has 1 aliphatic heterocycles. The Morgan fingerprint density at radius 1 is 1.11 bits per heavy atom. The summed E-state index contributed by atoms with van der Waals surface area (Å²) in [6.07, 6.45) is 1.63. The Morgan fingerprint density at radius 2 is 1.77 bits per heavy atom. The molecule has 2 aromatic rings. The number of carboxylic acids is 1. The number of carboxylic acid groups (broad SMARTS) is 1. The topological polar surface area (TPSA) is 111 Å². The Bertz CT molecular complexity index is 1070. The second-order valence-electron chi connectivity index (χ2n) is 8.92. The number of aliphatic carboxylic acids is 1. The van der Waals surface area contributed by atoms with Crippen molar-refractivity contribution in [3.8, 4) is 5.75 Å². The van der Waals surface area contributed by atoms with Crippen molar-refractivity contribution in [2.45, 2.75) is 39.7 Å². The van der Waals surface area contributed by atoms with Gasteiger partial charge in [0.1, 0.15) is 5.75 Å². The van der Waals surface area contributed by atoms with E-state index < -0.39 is 12.0 Å². The lowest BCUT2D eigenvalue weighted by Gasteiger charge is -2.39. The van der Waals surface area contributed by atoms with Crippen molar-refractivity contribution in [1.82, 2.24) is 4.90 Å². The number of hydrogen-bond acceptors (Lipinski definition) is 5. The number of amides is 3. The number of benzene rings is 2. The van der Waals surface area contributed by atoms with Crippen LogP contribution in [0.2, 0.25) is 0 Å². The molecule has 1 atom stereocenters. The van der Waals surface area contributed by atoms with Crippen molar-refractivity contribution in [2.24, 2.45) is 5.92 Å². The van der Waals surface area contributed by atoms with Crippen molar-refractivity contribution in [3.63, 3.8) is 0 Å². The molecule has 0 aliphatic carbocycles. The minimum absolute atomic E-state index is 0.0423. The van der Waals surface area contributed by atoms with Gasteiger partial charge < -0.3 is 25.4 Å². The van der Waals surface area contributed by atoms with E-state index in [9.17, 15) is 14.4 Å². The fraction of sp³-hybridized carbons (Fsp3) is 0.423. The quantitative estimate of drug-likeness (QED) is 0.520. The van der Waals surface area contributed by atoms with Gasteiger partial charge in [-0.2, -0.15) is 0 Å². The standard InChI is InChI=1S/C26H34N4O5/c1-17-7-5-6-8-22(17)27-26(34)28-23-10-9-21(15-24(23)35-4)30(19(3)31)18(2)20-11-13-29(14-12-20)16-25(32)33/h5-10,15,18,20H,11-14,16H2,1-4H3,(H,32,33)(H2,27,28,34). The predicted molar refractivity (Wildman–Crippen MR) is 136 cm³/mol. The minimum Gasteiger partial charge on any atom is -0.494 e. The number of hydrogen-bond donors (Lipinski definition) is 3. The summed E-state index contributed by atoms with van der Waals surface area (Å²) in [6.45, 7) is 6.89. The molecule has 0 radical (unpaired) electrons. The van der Waals surface area contributed by atoms with Crippen LogP contribution in [0.25, 0.3) is 0 Å². The van der Waals surface area contributed by atoms with Crippen LogP contribution in [-0.4, -0.2) is 60.7 Å². The summed E-state index contributed by atoms with van der Waals surface area (Å²) in [5.74, 6) is -0.231. The fourth-order valence-electron chi connectivity index (χ4n) is 4.62. The molecule has 9 heteroatoms. The molecule has 1 heterocycles. The molecule has 1 aliphatic rings. The number of nitrogens with zero attached hydrogens (tertiary/aromatic N) is 2. The van der Waals surface area contributed by atoms with Crippen LogP contribution in [0, 0.1) is 12.8 Å². The highest BCUT2D eigenvalue weighted by atomic mass is 16.5. The molecule has 9 nitrogen and oxygen atoms in total. The van der Waals surface area contributed by atoms with Crippen molar-refractivity contribution in [2.75, 3.05) is 42.3 Å². The number of urea groups is 1. The van der Waals surface area contributed by atoms with E-state index >= 15 is 0 Å². The van der Waals surface area contributed by atoms with Gasteiger partial charge in [-0.3, -0.25) is 14.5 Å². The number of likely N-dealkylation sites (tertiary alicyclic amines) is 1. The summed E-state index contributed by atoms with van der Waals surface area (Å²) in [7, 11) is 1.52. The SMILES string of the molecule is COc1cc(N(C(C)=O)C(C)C2CCN(CC(=O)O)CC2)ccc1NC(=O)Nc1ccccc1C. The lowest BCUT2D eigenvalue weighted by molar-refractivity contribution is -0.138. The van der Waals surface area contributed by atoms with E-state index in [0.717, 1.165) is 18.4 Å². The number of piperidine rings is 1. The Morgan fingerprint density at radius 3 is 2.37 bits per heavy atom. The van der Waals surface area contributed by atoms with E-state index in [1.54, 1.807) is 23.1 Å². The van der Waals surface area contributed by atoms with Gasteiger partial charge in [-0.25, -0.2) is 4.79 Å². The smallest absolute Gasteiger partial charge is 0.323 e. The molecule has 2 aromatic carbocycles. The maximum absolute atomic E-state index is 12.7. The van der Waals surface area contributed by atoms with Gasteiger partial charge in [0, 0.05) is 30.4 Å². The summed E-state index contributed by atoms with van der Waals surface area (Å²) in [5, 5.41) is 14.7. The van der Waals surface area contributed by atoms with E-state index in [4.69, 9.17) is 9.84 Å². The van der Waals surface area contributed by atoms with Gasteiger partial charge >= 0.3 is 12.0 Å². The third-order valence-corrected chi connectivity index (χ3v) is 6.52.